The average Bonchev–Trinajstić information content (AvgIpc) is 2.67. The van der Waals surface area contributed by atoms with Gasteiger partial charge >= 0.3 is 0 Å². The number of hydrogen-bond acceptors (Lipinski definition) is 3. The van der Waals surface area contributed by atoms with Crippen molar-refractivity contribution in [1.29, 1.82) is 0 Å². The van der Waals surface area contributed by atoms with Gasteiger partial charge in [-0.05, 0) is 30.3 Å². The van der Waals surface area contributed by atoms with E-state index in [9.17, 15) is 4.39 Å². The SMILES string of the molecule is COc1cccc(CNc2ccccc2)c1OCc1c(F)cccc1Cl. The van der Waals surface area contributed by atoms with E-state index >= 15 is 0 Å². The summed E-state index contributed by atoms with van der Waals surface area (Å²) in [4.78, 5) is 0. The lowest BCUT2D eigenvalue weighted by atomic mass is 10.1. The maximum atomic E-state index is 14.0. The number of para-hydroxylation sites is 2. The third kappa shape index (κ3) is 4.27. The Hall–Kier alpha value is -2.72. The molecule has 0 heterocycles. The Bertz CT molecular complexity index is 851. The predicted molar refractivity (Wildman–Crippen MR) is 103 cm³/mol. The van der Waals surface area contributed by atoms with Crippen molar-refractivity contribution < 1.29 is 13.9 Å². The fourth-order valence-electron chi connectivity index (χ4n) is 2.59. The molecular formula is C21H19ClFNO2. The summed E-state index contributed by atoms with van der Waals surface area (Å²) in [6, 6.07) is 20.1. The predicted octanol–water partition coefficient (Wildman–Crippen LogP) is 5.68. The Morgan fingerprint density at radius 2 is 1.73 bits per heavy atom. The molecular weight excluding hydrogens is 353 g/mol. The van der Waals surface area contributed by atoms with Crippen molar-refractivity contribution in [2.45, 2.75) is 13.2 Å². The molecule has 3 aromatic carbocycles. The van der Waals surface area contributed by atoms with Crippen LogP contribution in [0.3, 0.4) is 0 Å². The van der Waals surface area contributed by atoms with Crippen LogP contribution in [-0.4, -0.2) is 7.11 Å². The van der Waals surface area contributed by atoms with Gasteiger partial charge in [0.2, 0.25) is 0 Å². The van der Waals surface area contributed by atoms with Crippen LogP contribution in [0.5, 0.6) is 11.5 Å². The van der Waals surface area contributed by atoms with Crippen LogP contribution in [0.2, 0.25) is 5.02 Å². The van der Waals surface area contributed by atoms with E-state index < -0.39 is 5.82 Å². The molecule has 3 aromatic rings. The van der Waals surface area contributed by atoms with Gasteiger partial charge in [0.1, 0.15) is 12.4 Å². The van der Waals surface area contributed by atoms with Crippen LogP contribution >= 0.6 is 11.6 Å². The van der Waals surface area contributed by atoms with Gasteiger partial charge in [-0.2, -0.15) is 0 Å². The molecule has 0 spiro atoms. The Kier molecular flexibility index (Phi) is 5.97. The standard InChI is InChI=1S/C21H19ClFNO2/c1-25-20-12-5-7-15(13-24-16-8-3-2-4-9-16)21(20)26-14-17-18(22)10-6-11-19(17)23/h2-12,24H,13-14H2,1H3. The Balaban J connectivity index is 1.80. The minimum Gasteiger partial charge on any atom is -0.493 e. The van der Waals surface area contributed by atoms with E-state index in [0.717, 1.165) is 11.3 Å². The number of methoxy groups -OCH3 is 1. The second-order valence-corrected chi connectivity index (χ2v) is 6.06. The Morgan fingerprint density at radius 1 is 0.962 bits per heavy atom. The Morgan fingerprint density at radius 3 is 2.46 bits per heavy atom. The molecule has 0 radical (unpaired) electrons. The van der Waals surface area contributed by atoms with Gasteiger partial charge in [-0.25, -0.2) is 4.39 Å². The lowest BCUT2D eigenvalue weighted by Gasteiger charge is -2.16. The molecule has 0 atom stereocenters. The monoisotopic (exact) mass is 371 g/mol. The number of halogens is 2. The zero-order valence-electron chi connectivity index (χ0n) is 14.3. The molecule has 0 aliphatic heterocycles. The second kappa shape index (κ2) is 8.59. The summed E-state index contributed by atoms with van der Waals surface area (Å²) >= 11 is 6.09. The quantitative estimate of drug-likeness (QED) is 0.579. The minimum atomic E-state index is -0.392. The molecule has 0 bridgehead atoms. The van der Waals surface area contributed by atoms with Gasteiger partial charge in [0.25, 0.3) is 0 Å². The molecule has 5 heteroatoms. The molecule has 0 fully saturated rings. The van der Waals surface area contributed by atoms with Gasteiger partial charge < -0.3 is 14.8 Å². The molecule has 26 heavy (non-hydrogen) atoms. The van der Waals surface area contributed by atoms with Crippen molar-refractivity contribution in [3.05, 3.63) is 88.7 Å². The lowest BCUT2D eigenvalue weighted by molar-refractivity contribution is 0.277. The maximum Gasteiger partial charge on any atom is 0.166 e. The first-order chi connectivity index (χ1) is 12.7. The topological polar surface area (TPSA) is 30.5 Å². The van der Waals surface area contributed by atoms with Crippen LogP contribution in [0.15, 0.2) is 66.7 Å². The molecule has 0 aliphatic carbocycles. The summed E-state index contributed by atoms with van der Waals surface area (Å²) in [7, 11) is 1.58. The van der Waals surface area contributed by atoms with Crippen molar-refractivity contribution in [3.63, 3.8) is 0 Å². The van der Waals surface area contributed by atoms with Crippen molar-refractivity contribution >= 4 is 17.3 Å². The van der Waals surface area contributed by atoms with E-state index in [-0.39, 0.29) is 6.61 Å². The molecule has 0 saturated carbocycles. The first kappa shape index (κ1) is 18.1. The van der Waals surface area contributed by atoms with Gasteiger partial charge in [-0.15, -0.1) is 0 Å². The number of nitrogens with one attached hydrogen (secondary N) is 1. The van der Waals surface area contributed by atoms with Crippen molar-refractivity contribution in [2.24, 2.45) is 0 Å². The average molecular weight is 372 g/mol. The molecule has 134 valence electrons. The van der Waals surface area contributed by atoms with Gasteiger partial charge in [-0.3, -0.25) is 0 Å². The smallest absolute Gasteiger partial charge is 0.166 e. The molecule has 0 unspecified atom stereocenters. The van der Waals surface area contributed by atoms with Crippen molar-refractivity contribution in [2.75, 3.05) is 12.4 Å². The number of hydrogen-bond donors (Lipinski definition) is 1. The largest absolute Gasteiger partial charge is 0.493 e. The first-order valence-corrected chi connectivity index (χ1v) is 8.57. The fraction of sp³-hybridized carbons (Fsp3) is 0.143. The fourth-order valence-corrected chi connectivity index (χ4v) is 2.81. The van der Waals surface area contributed by atoms with E-state index in [2.05, 4.69) is 5.32 Å². The summed E-state index contributed by atoms with van der Waals surface area (Å²) in [6.07, 6.45) is 0. The van der Waals surface area contributed by atoms with Crippen LogP contribution in [-0.2, 0) is 13.2 Å². The van der Waals surface area contributed by atoms with E-state index in [1.807, 2.05) is 48.5 Å². The van der Waals surface area contributed by atoms with Crippen molar-refractivity contribution in [1.82, 2.24) is 0 Å². The highest BCUT2D eigenvalue weighted by atomic mass is 35.5. The minimum absolute atomic E-state index is 0.0181. The first-order valence-electron chi connectivity index (χ1n) is 8.19. The van der Waals surface area contributed by atoms with E-state index in [1.165, 1.54) is 6.07 Å². The van der Waals surface area contributed by atoms with E-state index in [4.69, 9.17) is 21.1 Å². The highest BCUT2D eigenvalue weighted by Gasteiger charge is 2.14. The maximum absolute atomic E-state index is 14.0. The third-order valence-electron chi connectivity index (χ3n) is 3.96. The normalized spacial score (nSPS) is 10.4. The van der Waals surface area contributed by atoms with Crippen LogP contribution in [0.25, 0.3) is 0 Å². The number of ether oxygens (including phenoxy) is 2. The molecule has 0 saturated heterocycles. The highest BCUT2D eigenvalue weighted by Crippen LogP contribution is 2.33. The summed E-state index contributed by atoms with van der Waals surface area (Å²) in [5.74, 6) is 0.763. The molecule has 0 aliphatic rings. The van der Waals surface area contributed by atoms with E-state index in [1.54, 1.807) is 19.2 Å². The van der Waals surface area contributed by atoms with Crippen LogP contribution in [0, 0.1) is 5.82 Å². The number of anilines is 1. The zero-order chi connectivity index (χ0) is 18.4. The van der Waals surface area contributed by atoms with Crippen LogP contribution in [0.1, 0.15) is 11.1 Å². The molecule has 3 nitrogen and oxygen atoms in total. The van der Waals surface area contributed by atoms with Gasteiger partial charge in [0, 0.05) is 23.4 Å². The van der Waals surface area contributed by atoms with Crippen LogP contribution in [0.4, 0.5) is 10.1 Å². The summed E-state index contributed by atoms with van der Waals surface area (Å²) < 4.78 is 25.3. The Labute approximate surface area is 157 Å². The van der Waals surface area contributed by atoms with Crippen LogP contribution < -0.4 is 14.8 Å². The van der Waals surface area contributed by atoms with E-state index in [0.29, 0.717) is 28.6 Å². The van der Waals surface area contributed by atoms with Crippen molar-refractivity contribution in [3.8, 4) is 11.5 Å². The molecule has 0 amide bonds. The summed E-state index contributed by atoms with van der Waals surface area (Å²) in [6.45, 7) is 0.561. The second-order valence-electron chi connectivity index (χ2n) is 5.66. The van der Waals surface area contributed by atoms with Gasteiger partial charge in [0.15, 0.2) is 11.5 Å². The summed E-state index contributed by atoms with van der Waals surface area (Å²) in [5, 5.41) is 3.67. The zero-order valence-corrected chi connectivity index (χ0v) is 15.1. The highest BCUT2D eigenvalue weighted by molar-refractivity contribution is 6.31. The lowest BCUT2D eigenvalue weighted by Crippen LogP contribution is -2.06. The summed E-state index contributed by atoms with van der Waals surface area (Å²) in [5.41, 5.74) is 2.22. The molecule has 1 N–H and O–H groups in total. The molecule has 0 aromatic heterocycles. The number of rotatable bonds is 7. The number of benzene rings is 3. The van der Waals surface area contributed by atoms with Gasteiger partial charge in [-0.1, -0.05) is 48.0 Å². The molecule has 3 rings (SSSR count). The third-order valence-corrected chi connectivity index (χ3v) is 4.31. The van der Waals surface area contributed by atoms with Gasteiger partial charge in [0.05, 0.1) is 12.1 Å².